The van der Waals surface area contributed by atoms with Gasteiger partial charge in [-0.2, -0.15) is 5.10 Å². The van der Waals surface area contributed by atoms with E-state index in [2.05, 4.69) is 10.4 Å². The van der Waals surface area contributed by atoms with Gasteiger partial charge in [0.15, 0.2) is 11.5 Å². The number of halogens is 1. The molecule has 164 valence electrons. The van der Waals surface area contributed by atoms with E-state index in [9.17, 15) is 4.79 Å². The molecule has 0 saturated carbocycles. The Morgan fingerprint density at radius 3 is 2.39 bits per heavy atom. The third-order valence-corrected chi connectivity index (χ3v) is 4.71. The number of hydrogen-bond acceptors (Lipinski definition) is 5. The van der Waals surface area contributed by atoms with Crippen LogP contribution in [0, 0.1) is 6.92 Å². The summed E-state index contributed by atoms with van der Waals surface area (Å²) in [5.74, 6) is 1.93. The average molecular weight is 444 g/mol. The fraction of sp³-hybridized carbons (Fsp3) is 0.304. The zero-order valence-electron chi connectivity index (χ0n) is 17.9. The largest absolute Gasteiger partial charge is 0.490 e. The van der Waals surface area contributed by atoms with E-state index >= 15 is 0 Å². The second kappa shape index (κ2) is 10.7. The number of benzene rings is 2. The van der Waals surface area contributed by atoms with Gasteiger partial charge in [-0.1, -0.05) is 17.7 Å². The fourth-order valence-electron chi connectivity index (χ4n) is 2.91. The van der Waals surface area contributed by atoms with E-state index in [1.807, 2.05) is 44.2 Å². The lowest BCUT2D eigenvalue weighted by Crippen LogP contribution is -2.19. The lowest BCUT2D eigenvalue weighted by Gasteiger charge is -2.13. The molecule has 2 aromatic carbocycles. The maximum Gasteiger partial charge on any atom is 0.246 e. The van der Waals surface area contributed by atoms with Gasteiger partial charge in [0.25, 0.3) is 0 Å². The van der Waals surface area contributed by atoms with E-state index in [1.54, 1.807) is 25.3 Å². The molecule has 1 heterocycles. The molecule has 0 saturated heterocycles. The molecule has 3 rings (SSSR count). The van der Waals surface area contributed by atoms with Gasteiger partial charge in [-0.15, -0.1) is 0 Å². The van der Waals surface area contributed by atoms with Gasteiger partial charge in [0.2, 0.25) is 5.91 Å². The molecule has 0 unspecified atom stereocenters. The molecule has 0 aliphatic carbocycles. The summed E-state index contributed by atoms with van der Waals surface area (Å²) in [7, 11) is 0. The van der Waals surface area contributed by atoms with Crippen molar-refractivity contribution >= 4 is 23.2 Å². The van der Waals surface area contributed by atoms with E-state index in [0.29, 0.717) is 47.7 Å². The third-order valence-electron chi connectivity index (χ3n) is 4.34. The first-order chi connectivity index (χ1) is 15.0. The lowest BCUT2D eigenvalue weighted by molar-refractivity contribution is -0.116. The highest BCUT2D eigenvalue weighted by Crippen LogP contribution is 2.29. The summed E-state index contributed by atoms with van der Waals surface area (Å²) in [6.07, 6.45) is 1.63. The Labute approximate surface area is 186 Å². The Kier molecular flexibility index (Phi) is 7.78. The Hall–Kier alpha value is -3.19. The predicted octanol–water partition coefficient (Wildman–Crippen LogP) is 4.86. The van der Waals surface area contributed by atoms with E-state index in [-0.39, 0.29) is 12.5 Å². The van der Waals surface area contributed by atoms with Crippen molar-refractivity contribution in [2.75, 3.05) is 18.5 Å². The number of anilines is 1. The third kappa shape index (κ3) is 6.39. The normalized spacial score (nSPS) is 10.6. The SMILES string of the molecule is CCOc1ccc(COc2ccc(NC(=O)Cn3cc(Cl)c(C)n3)cc2)cc1OCC. The summed E-state index contributed by atoms with van der Waals surface area (Å²) in [4.78, 5) is 12.2. The number of amides is 1. The molecular weight excluding hydrogens is 418 g/mol. The fourth-order valence-corrected chi connectivity index (χ4v) is 3.06. The highest BCUT2D eigenvalue weighted by atomic mass is 35.5. The van der Waals surface area contributed by atoms with E-state index < -0.39 is 0 Å². The Morgan fingerprint density at radius 2 is 1.74 bits per heavy atom. The molecule has 3 aromatic rings. The van der Waals surface area contributed by atoms with Crippen LogP contribution in [-0.4, -0.2) is 28.9 Å². The van der Waals surface area contributed by atoms with Gasteiger partial charge in [0.1, 0.15) is 18.9 Å². The molecular formula is C23H26ClN3O4. The lowest BCUT2D eigenvalue weighted by atomic mass is 10.2. The van der Waals surface area contributed by atoms with Gasteiger partial charge >= 0.3 is 0 Å². The zero-order valence-corrected chi connectivity index (χ0v) is 18.6. The minimum absolute atomic E-state index is 0.0890. The first-order valence-electron chi connectivity index (χ1n) is 10.1. The molecule has 7 nitrogen and oxygen atoms in total. The highest BCUT2D eigenvalue weighted by Gasteiger charge is 2.09. The first-order valence-corrected chi connectivity index (χ1v) is 10.5. The van der Waals surface area contributed by atoms with Crippen molar-refractivity contribution in [1.29, 1.82) is 0 Å². The van der Waals surface area contributed by atoms with Crippen LogP contribution in [-0.2, 0) is 17.9 Å². The standard InChI is InChI=1S/C23H26ClN3O4/c1-4-29-21-11-6-17(12-22(21)30-5-2)15-31-19-9-7-18(8-10-19)25-23(28)14-27-13-20(24)16(3)26-27/h6-13H,4-5,14-15H2,1-3H3,(H,25,28). The summed E-state index contributed by atoms with van der Waals surface area (Å²) in [5, 5.41) is 7.55. The number of aromatic nitrogens is 2. The minimum atomic E-state index is -0.189. The highest BCUT2D eigenvalue weighted by molar-refractivity contribution is 6.31. The molecule has 0 aliphatic rings. The van der Waals surface area contributed by atoms with Crippen molar-refractivity contribution in [3.05, 3.63) is 64.9 Å². The van der Waals surface area contributed by atoms with E-state index in [0.717, 1.165) is 11.3 Å². The number of hydrogen-bond donors (Lipinski definition) is 1. The topological polar surface area (TPSA) is 74.6 Å². The van der Waals surface area contributed by atoms with E-state index in [1.165, 1.54) is 4.68 Å². The number of aryl methyl sites for hydroxylation is 1. The molecule has 0 bridgehead atoms. The average Bonchev–Trinajstić information content (AvgIpc) is 3.06. The first kappa shape index (κ1) is 22.5. The number of carbonyl (C=O) groups is 1. The molecule has 31 heavy (non-hydrogen) atoms. The van der Waals surface area contributed by atoms with Crippen molar-refractivity contribution in [2.45, 2.75) is 33.9 Å². The van der Waals surface area contributed by atoms with Gasteiger partial charge in [-0.05, 0) is 62.7 Å². The minimum Gasteiger partial charge on any atom is -0.490 e. The molecule has 1 N–H and O–H groups in total. The second-order valence-electron chi connectivity index (χ2n) is 6.77. The molecule has 0 spiro atoms. The number of nitrogens with zero attached hydrogens (tertiary/aromatic N) is 2. The van der Waals surface area contributed by atoms with Crippen LogP contribution in [0.5, 0.6) is 17.2 Å². The van der Waals surface area contributed by atoms with Gasteiger partial charge in [0.05, 0.1) is 23.9 Å². The summed E-state index contributed by atoms with van der Waals surface area (Å²) in [6.45, 7) is 7.28. The molecule has 0 atom stereocenters. The summed E-state index contributed by atoms with van der Waals surface area (Å²) >= 11 is 5.97. The quantitative estimate of drug-likeness (QED) is 0.484. The molecule has 8 heteroatoms. The van der Waals surface area contributed by atoms with Gasteiger partial charge < -0.3 is 19.5 Å². The molecule has 1 aromatic heterocycles. The molecule has 0 aliphatic heterocycles. The number of ether oxygens (including phenoxy) is 3. The van der Waals surface area contributed by atoms with Crippen molar-refractivity contribution in [1.82, 2.24) is 9.78 Å². The number of rotatable bonds is 10. The second-order valence-corrected chi connectivity index (χ2v) is 7.18. The van der Waals surface area contributed by atoms with Crippen LogP contribution in [0.4, 0.5) is 5.69 Å². The van der Waals surface area contributed by atoms with Gasteiger partial charge in [-0.3, -0.25) is 9.48 Å². The van der Waals surface area contributed by atoms with Crippen LogP contribution in [0.25, 0.3) is 0 Å². The van der Waals surface area contributed by atoms with Crippen LogP contribution in [0.2, 0.25) is 5.02 Å². The maximum atomic E-state index is 12.2. The Bertz CT molecular complexity index is 999. The van der Waals surface area contributed by atoms with Crippen molar-refractivity contribution in [2.24, 2.45) is 0 Å². The van der Waals surface area contributed by atoms with Crippen molar-refractivity contribution < 1.29 is 19.0 Å². The van der Waals surface area contributed by atoms with Crippen LogP contribution in [0.15, 0.2) is 48.7 Å². The van der Waals surface area contributed by atoms with Crippen LogP contribution < -0.4 is 19.5 Å². The van der Waals surface area contributed by atoms with Gasteiger partial charge in [-0.25, -0.2) is 0 Å². The Balaban J connectivity index is 1.54. The van der Waals surface area contributed by atoms with Gasteiger partial charge in [0, 0.05) is 11.9 Å². The van der Waals surface area contributed by atoms with Crippen LogP contribution >= 0.6 is 11.6 Å². The number of carbonyl (C=O) groups excluding carboxylic acids is 1. The summed E-state index contributed by atoms with van der Waals surface area (Å²) in [5.41, 5.74) is 2.33. The monoisotopic (exact) mass is 443 g/mol. The van der Waals surface area contributed by atoms with E-state index in [4.69, 9.17) is 25.8 Å². The van der Waals surface area contributed by atoms with Crippen molar-refractivity contribution in [3.63, 3.8) is 0 Å². The predicted molar refractivity (Wildman–Crippen MR) is 120 cm³/mol. The summed E-state index contributed by atoms with van der Waals surface area (Å²) in [6, 6.07) is 13.0. The molecule has 0 radical (unpaired) electrons. The summed E-state index contributed by atoms with van der Waals surface area (Å²) < 4.78 is 18.6. The zero-order chi connectivity index (χ0) is 22.2. The Morgan fingerprint density at radius 1 is 1.03 bits per heavy atom. The molecule has 1 amide bonds. The van der Waals surface area contributed by atoms with Crippen LogP contribution in [0.1, 0.15) is 25.1 Å². The maximum absolute atomic E-state index is 12.2. The number of nitrogens with one attached hydrogen (secondary N) is 1. The van der Waals surface area contributed by atoms with Crippen molar-refractivity contribution in [3.8, 4) is 17.2 Å². The smallest absolute Gasteiger partial charge is 0.246 e. The van der Waals surface area contributed by atoms with Crippen LogP contribution in [0.3, 0.4) is 0 Å². The molecule has 0 fully saturated rings.